The van der Waals surface area contributed by atoms with E-state index in [4.69, 9.17) is 4.42 Å². The lowest BCUT2D eigenvalue weighted by Gasteiger charge is -2.11. The zero-order chi connectivity index (χ0) is 16.9. The number of benzene rings is 1. The van der Waals surface area contributed by atoms with Gasteiger partial charge in [0.2, 0.25) is 0 Å². The summed E-state index contributed by atoms with van der Waals surface area (Å²) in [7, 11) is 0. The predicted molar refractivity (Wildman–Crippen MR) is 94.1 cm³/mol. The third-order valence-corrected chi connectivity index (χ3v) is 3.90. The first-order chi connectivity index (χ1) is 11.6. The molecule has 0 unspecified atom stereocenters. The van der Waals surface area contributed by atoms with Crippen molar-refractivity contribution in [3.8, 4) is 0 Å². The zero-order valence-corrected chi connectivity index (χ0v) is 13.7. The number of furan rings is 1. The van der Waals surface area contributed by atoms with Gasteiger partial charge < -0.3 is 15.1 Å². The Hall–Kier alpha value is -3.08. The van der Waals surface area contributed by atoms with Crippen LogP contribution in [0, 0.1) is 13.8 Å². The fourth-order valence-electron chi connectivity index (χ4n) is 2.34. The summed E-state index contributed by atoms with van der Waals surface area (Å²) in [6.07, 6.45) is 4.86. The Morgan fingerprint density at radius 3 is 2.83 bits per heavy atom. The van der Waals surface area contributed by atoms with Gasteiger partial charge in [-0.05, 0) is 49.2 Å². The molecule has 5 heteroatoms. The number of anilines is 2. The minimum Gasteiger partial charge on any atom is -0.467 e. The van der Waals surface area contributed by atoms with Gasteiger partial charge in [0, 0.05) is 18.1 Å². The zero-order valence-electron chi connectivity index (χ0n) is 13.7. The van der Waals surface area contributed by atoms with Crippen LogP contribution >= 0.6 is 0 Å². The maximum absolute atomic E-state index is 12.5. The van der Waals surface area contributed by atoms with Crippen molar-refractivity contribution in [1.29, 1.82) is 0 Å². The van der Waals surface area contributed by atoms with E-state index in [2.05, 4.69) is 15.6 Å². The van der Waals surface area contributed by atoms with Gasteiger partial charge in [0.1, 0.15) is 5.76 Å². The van der Waals surface area contributed by atoms with Crippen molar-refractivity contribution in [1.82, 2.24) is 4.98 Å². The van der Waals surface area contributed by atoms with Crippen LogP contribution in [0.3, 0.4) is 0 Å². The average Bonchev–Trinajstić information content (AvgIpc) is 3.11. The van der Waals surface area contributed by atoms with Crippen molar-refractivity contribution >= 4 is 17.3 Å². The molecule has 0 spiro atoms. The number of nitrogens with zero attached hydrogens (tertiary/aromatic N) is 1. The molecule has 2 heterocycles. The molecule has 0 radical (unpaired) electrons. The number of carbonyl (C=O) groups excluding carboxylic acids is 1. The normalized spacial score (nSPS) is 10.4. The van der Waals surface area contributed by atoms with Crippen molar-refractivity contribution in [2.24, 2.45) is 0 Å². The minimum absolute atomic E-state index is 0.183. The van der Waals surface area contributed by atoms with E-state index in [0.717, 1.165) is 28.3 Å². The van der Waals surface area contributed by atoms with Crippen molar-refractivity contribution in [3.63, 3.8) is 0 Å². The number of amides is 1. The molecule has 1 aromatic carbocycles. The van der Waals surface area contributed by atoms with E-state index in [1.54, 1.807) is 24.7 Å². The monoisotopic (exact) mass is 321 g/mol. The quantitative estimate of drug-likeness (QED) is 0.740. The van der Waals surface area contributed by atoms with Crippen LogP contribution in [0.1, 0.15) is 27.2 Å². The molecular weight excluding hydrogens is 302 g/mol. The summed E-state index contributed by atoms with van der Waals surface area (Å²) in [5.74, 6) is 0.637. The van der Waals surface area contributed by atoms with Gasteiger partial charge in [-0.15, -0.1) is 0 Å². The Morgan fingerprint density at radius 1 is 1.17 bits per heavy atom. The Kier molecular flexibility index (Phi) is 4.61. The van der Waals surface area contributed by atoms with Crippen LogP contribution in [0.25, 0.3) is 0 Å². The molecule has 0 bridgehead atoms. The smallest absolute Gasteiger partial charge is 0.257 e. The third kappa shape index (κ3) is 3.63. The molecule has 0 fully saturated rings. The SMILES string of the molecule is Cc1cccc(NC(=O)c2cncc(NCc3ccco3)c2)c1C. The Balaban J connectivity index is 1.71. The van der Waals surface area contributed by atoms with Gasteiger partial charge in [-0.1, -0.05) is 12.1 Å². The number of nitrogens with one attached hydrogen (secondary N) is 2. The van der Waals surface area contributed by atoms with Gasteiger partial charge in [0.25, 0.3) is 5.91 Å². The number of aryl methyl sites for hydroxylation is 1. The van der Waals surface area contributed by atoms with Crippen molar-refractivity contribution in [2.45, 2.75) is 20.4 Å². The summed E-state index contributed by atoms with van der Waals surface area (Å²) >= 11 is 0. The first kappa shape index (κ1) is 15.8. The van der Waals surface area contributed by atoms with Gasteiger partial charge in [-0.2, -0.15) is 0 Å². The fourth-order valence-corrected chi connectivity index (χ4v) is 2.34. The van der Waals surface area contributed by atoms with E-state index < -0.39 is 0 Å². The number of pyridine rings is 1. The predicted octanol–water partition coefficient (Wildman–Crippen LogP) is 4.16. The number of hydrogen-bond donors (Lipinski definition) is 2. The molecule has 1 amide bonds. The topological polar surface area (TPSA) is 67.2 Å². The van der Waals surface area contributed by atoms with Crippen LogP contribution in [-0.4, -0.2) is 10.9 Å². The molecule has 0 atom stereocenters. The average molecular weight is 321 g/mol. The molecule has 0 aliphatic heterocycles. The number of rotatable bonds is 5. The van der Waals surface area contributed by atoms with Crippen LogP contribution in [0.5, 0.6) is 0 Å². The van der Waals surface area contributed by atoms with Crippen molar-refractivity contribution < 1.29 is 9.21 Å². The highest BCUT2D eigenvalue weighted by Crippen LogP contribution is 2.19. The number of aromatic nitrogens is 1. The molecular formula is C19H19N3O2. The second kappa shape index (κ2) is 7.00. The van der Waals surface area contributed by atoms with Crippen LogP contribution in [0.4, 0.5) is 11.4 Å². The lowest BCUT2D eigenvalue weighted by Crippen LogP contribution is -2.14. The highest BCUT2D eigenvalue weighted by molar-refractivity contribution is 6.05. The second-order valence-electron chi connectivity index (χ2n) is 5.60. The molecule has 5 nitrogen and oxygen atoms in total. The molecule has 0 saturated heterocycles. The third-order valence-electron chi connectivity index (χ3n) is 3.90. The number of carbonyl (C=O) groups is 1. The molecule has 0 aliphatic carbocycles. The van der Waals surface area contributed by atoms with Crippen LogP contribution in [0.15, 0.2) is 59.5 Å². The number of hydrogen-bond acceptors (Lipinski definition) is 4. The summed E-state index contributed by atoms with van der Waals surface area (Å²) in [5, 5.41) is 6.13. The summed E-state index contributed by atoms with van der Waals surface area (Å²) in [6, 6.07) is 11.3. The van der Waals surface area contributed by atoms with E-state index in [-0.39, 0.29) is 5.91 Å². The highest BCUT2D eigenvalue weighted by Gasteiger charge is 2.10. The van der Waals surface area contributed by atoms with Gasteiger partial charge in [0.05, 0.1) is 24.1 Å². The van der Waals surface area contributed by atoms with E-state index in [0.29, 0.717) is 12.1 Å². The van der Waals surface area contributed by atoms with E-state index >= 15 is 0 Å². The first-order valence-corrected chi connectivity index (χ1v) is 7.72. The van der Waals surface area contributed by atoms with Crippen LogP contribution in [0.2, 0.25) is 0 Å². The maximum atomic E-state index is 12.5. The van der Waals surface area contributed by atoms with Gasteiger partial charge in [-0.3, -0.25) is 9.78 Å². The van der Waals surface area contributed by atoms with E-state index in [1.807, 2.05) is 44.2 Å². The maximum Gasteiger partial charge on any atom is 0.257 e. The summed E-state index contributed by atoms with van der Waals surface area (Å²) in [5.41, 5.74) is 4.28. The lowest BCUT2D eigenvalue weighted by atomic mass is 10.1. The molecule has 3 aromatic rings. The lowest BCUT2D eigenvalue weighted by molar-refractivity contribution is 0.102. The molecule has 24 heavy (non-hydrogen) atoms. The summed E-state index contributed by atoms with van der Waals surface area (Å²) in [6.45, 7) is 4.55. The van der Waals surface area contributed by atoms with Gasteiger partial charge in [-0.25, -0.2) is 0 Å². The summed E-state index contributed by atoms with van der Waals surface area (Å²) < 4.78 is 5.27. The van der Waals surface area contributed by atoms with Gasteiger partial charge in [0.15, 0.2) is 0 Å². The Labute approximate surface area is 140 Å². The van der Waals surface area contributed by atoms with Crippen LogP contribution in [-0.2, 0) is 6.54 Å². The Bertz CT molecular complexity index is 842. The molecule has 0 aliphatic rings. The molecule has 3 rings (SSSR count). The Morgan fingerprint density at radius 2 is 2.04 bits per heavy atom. The molecule has 122 valence electrons. The summed E-state index contributed by atoms with van der Waals surface area (Å²) in [4.78, 5) is 16.6. The first-order valence-electron chi connectivity index (χ1n) is 7.72. The highest BCUT2D eigenvalue weighted by atomic mass is 16.3. The van der Waals surface area contributed by atoms with Crippen molar-refractivity contribution in [3.05, 3.63) is 77.5 Å². The standard InChI is InChI=1S/C19H19N3O2/c1-13-5-3-7-18(14(13)2)22-19(23)15-9-16(11-20-10-15)21-12-17-6-4-8-24-17/h3-11,21H,12H2,1-2H3,(H,22,23). The second-order valence-corrected chi connectivity index (χ2v) is 5.60. The molecule has 2 aromatic heterocycles. The molecule has 0 saturated carbocycles. The minimum atomic E-state index is -0.183. The van der Waals surface area contributed by atoms with Gasteiger partial charge >= 0.3 is 0 Å². The fraction of sp³-hybridized carbons (Fsp3) is 0.158. The van der Waals surface area contributed by atoms with Crippen molar-refractivity contribution in [2.75, 3.05) is 10.6 Å². The van der Waals surface area contributed by atoms with E-state index in [9.17, 15) is 4.79 Å². The van der Waals surface area contributed by atoms with Crippen LogP contribution < -0.4 is 10.6 Å². The van der Waals surface area contributed by atoms with E-state index in [1.165, 1.54) is 0 Å². The largest absolute Gasteiger partial charge is 0.467 e. The molecule has 2 N–H and O–H groups in total.